The number of carbonyl (C=O) groups is 1. The summed E-state index contributed by atoms with van der Waals surface area (Å²) in [5, 5.41) is 0. The number of hydrogen-bond donors (Lipinski definition) is 1. The number of carbonyl (C=O) groups excluding carboxylic acids is 1. The molecule has 1 amide bonds. The predicted octanol–water partition coefficient (Wildman–Crippen LogP) is 1.71. The summed E-state index contributed by atoms with van der Waals surface area (Å²) < 4.78 is 45.5. The monoisotopic (exact) mass is 444 g/mol. The summed E-state index contributed by atoms with van der Waals surface area (Å²) in [5.41, 5.74) is 6.26. The zero-order valence-corrected chi connectivity index (χ0v) is 17.6. The van der Waals surface area contributed by atoms with Crippen LogP contribution in [0.4, 0.5) is 5.69 Å². The number of nitrogens with two attached hydrogens (primary N) is 1. The van der Waals surface area contributed by atoms with Crippen LogP contribution >= 0.6 is 23.2 Å². The van der Waals surface area contributed by atoms with Crippen molar-refractivity contribution in [2.75, 3.05) is 30.3 Å². The maximum atomic E-state index is 12.7. The molecule has 11 heteroatoms. The van der Waals surface area contributed by atoms with Gasteiger partial charge in [0.2, 0.25) is 0 Å². The van der Waals surface area contributed by atoms with Gasteiger partial charge in [0, 0.05) is 24.3 Å². The Labute approximate surface area is 164 Å². The van der Waals surface area contributed by atoms with Gasteiger partial charge >= 0.3 is 0 Å². The van der Waals surface area contributed by atoms with Gasteiger partial charge in [0.1, 0.15) is 9.42 Å². The number of alkyl halides is 2. The Balaban J connectivity index is 3.03. The molecule has 0 heterocycles. The van der Waals surface area contributed by atoms with E-state index in [0.717, 1.165) is 4.90 Å². The van der Waals surface area contributed by atoms with Crippen molar-refractivity contribution in [3.63, 3.8) is 0 Å². The van der Waals surface area contributed by atoms with Crippen LogP contribution in [0.15, 0.2) is 24.3 Å². The molecule has 0 spiro atoms. The van der Waals surface area contributed by atoms with Gasteiger partial charge in [-0.3, -0.25) is 4.79 Å². The average Bonchev–Trinajstić information content (AvgIpc) is 2.53. The van der Waals surface area contributed by atoms with Crippen LogP contribution in [-0.2, 0) is 19.7 Å². The van der Waals surface area contributed by atoms with E-state index < -0.39 is 35.0 Å². The third-order valence-electron chi connectivity index (χ3n) is 3.70. The van der Waals surface area contributed by atoms with E-state index in [9.17, 15) is 21.6 Å². The number of sulfone groups is 2. The number of nitrogen functional groups attached to an aromatic ring is 1. The Morgan fingerprint density at radius 3 is 1.88 bits per heavy atom. The molecule has 0 aliphatic heterocycles. The van der Waals surface area contributed by atoms with Gasteiger partial charge in [-0.2, -0.15) is 0 Å². The molecule has 0 radical (unpaired) electrons. The molecule has 0 aliphatic carbocycles. The zero-order chi connectivity index (χ0) is 20.1. The molecule has 0 saturated heterocycles. The first-order valence-corrected chi connectivity index (χ1v) is 12.0. The molecule has 1 rings (SSSR count). The average molecular weight is 445 g/mol. The lowest BCUT2D eigenvalue weighted by Crippen LogP contribution is -2.39. The smallest absolute Gasteiger partial charge is 0.253 e. The Bertz CT molecular complexity index is 797. The van der Waals surface area contributed by atoms with E-state index in [4.69, 9.17) is 28.9 Å². The van der Waals surface area contributed by atoms with Gasteiger partial charge in [-0.25, -0.2) is 16.8 Å². The zero-order valence-electron chi connectivity index (χ0n) is 14.4. The lowest BCUT2D eigenvalue weighted by atomic mass is 10.2. The maximum absolute atomic E-state index is 12.7. The van der Waals surface area contributed by atoms with E-state index in [0.29, 0.717) is 5.69 Å². The van der Waals surface area contributed by atoms with Crippen LogP contribution in [0.25, 0.3) is 0 Å². The van der Waals surface area contributed by atoms with E-state index in [-0.39, 0.29) is 30.2 Å². The molecule has 148 valence electrons. The maximum Gasteiger partial charge on any atom is 0.253 e. The van der Waals surface area contributed by atoms with E-state index in [2.05, 4.69) is 0 Å². The fraction of sp³-hybridized carbons (Fsp3) is 0.533. The van der Waals surface area contributed by atoms with Gasteiger partial charge < -0.3 is 10.6 Å². The van der Waals surface area contributed by atoms with E-state index >= 15 is 0 Å². The number of rotatable bonds is 9. The van der Waals surface area contributed by atoms with Gasteiger partial charge in [-0.1, -0.05) is 6.07 Å². The molecule has 2 unspecified atom stereocenters. The van der Waals surface area contributed by atoms with Gasteiger partial charge in [0.05, 0.1) is 11.5 Å². The Morgan fingerprint density at radius 1 is 1.04 bits per heavy atom. The van der Waals surface area contributed by atoms with Crippen LogP contribution in [0.5, 0.6) is 0 Å². The normalized spacial score (nSPS) is 14.6. The van der Waals surface area contributed by atoms with Gasteiger partial charge in [-0.15, -0.1) is 23.2 Å². The number of benzene rings is 1. The van der Waals surface area contributed by atoms with E-state index in [1.54, 1.807) is 12.1 Å². The van der Waals surface area contributed by atoms with Crippen LogP contribution in [0.2, 0.25) is 0 Å². The molecular weight excluding hydrogens is 423 g/mol. The van der Waals surface area contributed by atoms with Crippen LogP contribution in [0.3, 0.4) is 0 Å². The number of anilines is 1. The number of nitrogens with zero attached hydrogens (tertiary/aromatic N) is 1. The van der Waals surface area contributed by atoms with Crippen molar-refractivity contribution in [1.29, 1.82) is 0 Å². The second kappa shape index (κ2) is 9.25. The highest BCUT2D eigenvalue weighted by Gasteiger charge is 2.25. The summed E-state index contributed by atoms with van der Waals surface area (Å²) in [6.07, 6.45) is 0. The first-order chi connectivity index (χ1) is 11.9. The fourth-order valence-corrected chi connectivity index (χ4v) is 4.10. The lowest BCUT2D eigenvalue weighted by molar-refractivity contribution is 0.0775. The van der Waals surface area contributed by atoms with E-state index in [1.165, 1.54) is 26.0 Å². The van der Waals surface area contributed by atoms with Crippen molar-refractivity contribution in [2.45, 2.75) is 23.3 Å². The Hall–Kier alpha value is -1.03. The SMILES string of the molecule is CC(Cl)S(=O)(=O)CCN(CCS(=O)(=O)C(C)Cl)C(=O)c1cccc(N)c1. The number of hydrogen-bond acceptors (Lipinski definition) is 6. The lowest BCUT2D eigenvalue weighted by Gasteiger charge is -2.23. The Morgan fingerprint density at radius 2 is 1.50 bits per heavy atom. The molecule has 0 saturated carbocycles. The van der Waals surface area contributed by atoms with E-state index in [1.807, 2.05) is 0 Å². The van der Waals surface area contributed by atoms with Crippen molar-refractivity contribution >= 4 is 54.5 Å². The molecule has 1 aromatic carbocycles. The van der Waals surface area contributed by atoms with Crippen molar-refractivity contribution in [2.24, 2.45) is 0 Å². The van der Waals surface area contributed by atoms with Crippen LogP contribution in [0, 0.1) is 0 Å². The third kappa shape index (κ3) is 6.61. The van der Waals surface area contributed by atoms with Crippen molar-refractivity contribution in [1.82, 2.24) is 4.90 Å². The van der Waals surface area contributed by atoms with Gasteiger partial charge in [-0.05, 0) is 32.0 Å². The molecule has 0 aliphatic rings. The molecule has 0 fully saturated rings. The summed E-state index contributed by atoms with van der Waals surface area (Å²) in [4.78, 5) is 13.8. The molecule has 0 bridgehead atoms. The minimum atomic E-state index is -3.62. The fourth-order valence-electron chi connectivity index (χ4n) is 1.97. The van der Waals surface area contributed by atoms with Crippen molar-refractivity contribution in [3.8, 4) is 0 Å². The quantitative estimate of drug-likeness (QED) is 0.457. The number of halogens is 2. The molecule has 7 nitrogen and oxygen atoms in total. The minimum Gasteiger partial charge on any atom is -0.399 e. The topological polar surface area (TPSA) is 115 Å². The van der Waals surface area contributed by atoms with Crippen molar-refractivity contribution < 1.29 is 21.6 Å². The summed E-state index contributed by atoms with van der Waals surface area (Å²) in [7, 11) is -7.23. The van der Waals surface area contributed by atoms with Crippen molar-refractivity contribution in [3.05, 3.63) is 29.8 Å². The summed E-state index contributed by atoms with van der Waals surface area (Å²) in [6, 6.07) is 6.13. The molecular formula is C15H22Cl2N2O5S2. The Kier molecular flexibility index (Phi) is 8.19. The first kappa shape index (κ1) is 23.0. The van der Waals surface area contributed by atoms with Gasteiger partial charge in [0.15, 0.2) is 19.7 Å². The molecule has 2 N–H and O–H groups in total. The third-order valence-corrected chi connectivity index (χ3v) is 8.81. The predicted molar refractivity (Wildman–Crippen MR) is 105 cm³/mol. The van der Waals surface area contributed by atoms with Crippen LogP contribution in [-0.4, -0.2) is 61.7 Å². The van der Waals surface area contributed by atoms with Crippen LogP contribution in [0.1, 0.15) is 24.2 Å². The number of amides is 1. The summed E-state index contributed by atoms with van der Waals surface area (Å²) >= 11 is 11.3. The highest BCUT2D eigenvalue weighted by molar-refractivity contribution is 7.93. The summed E-state index contributed by atoms with van der Waals surface area (Å²) in [5.74, 6) is -1.29. The molecule has 0 aromatic heterocycles. The first-order valence-electron chi connectivity index (χ1n) is 7.73. The standard InChI is InChI=1S/C15H22Cl2N2O5S2/c1-11(16)25(21,22)8-6-19(7-9-26(23,24)12(2)17)15(20)13-4-3-5-14(18)10-13/h3-5,10-12H,6-9,18H2,1-2H3. The van der Waals surface area contributed by atoms with Gasteiger partial charge in [0.25, 0.3) is 5.91 Å². The minimum absolute atomic E-state index is 0.195. The van der Waals surface area contributed by atoms with Crippen LogP contribution < -0.4 is 5.73 Å². The summed E-state index contributed by atoms with van der Waals surface area (Å²) in [6.45, 7) is 2.25. The highest BCUT2D eigenvalue weighted by atomic mass is 35.5. The highest BCUT2D eigenvalue weighted by Crippen LogP contribution is 2.13. The molecule has 26 heavy (non-hydrogen) atoms. The second-order valence-corrected chi connectivity index (χ2v) is 12.4. The molecule has 2 atom stereocenters. The largest absolute Gasteiger partial charge is 0.399 e. The second-order valence-electron chi connectivity index (χ2n) is 5.74. The molecule has 1 aromatic rings.